The van der Waals surface area contributed by atoms with Crippen molar-refractivity contribution in [3.8, 4) is 0 Å². The molecule has 0 aromatic heterocycles. The zero-order valence-electron chi connectivity index (χ0n) is 7.94. The molecule has 84 valence electrons. The van der Waals surface area contributed by atoms with Gasteiger partial charge in [-0.25, -0.2) is 4.39 Å². The van der Waals surface area contributed by atoms with Crippen LogP contribution in [-0.2, 0) is 12.6 Å². The van der Waals surface area contributed by atoms with Gasteiger partial charge in [-0.2, -0.15) is 13.2 Å². The van der Waals surface area contributed by atoms with Crippen LogP contribution in [-0.4, -0.2) is 6.54 Å². The van der Waals surface area contributed by atoms with Crippen LogP contribution < -0.4 is 5.73 Å². The molecule has 1 rings (SSSR count). The molecule has 0 aliphatic carbocycles. The van der Waals surface area contributed by atoms with Crippen LogP contribution in [0.25, 0.3) is 0 Å². The molecule has 0 aliphatic heterocycles. The zero-order valence-corrected chi connectivity index (χ0v) is 7.94. The molecule has 5 heteroatoms. The summed E-state index contributed by atoms with van der Waals surface area (Å²) in [6.45, 7) is 0.329. The summed E-state index contributed by atoms with van der Waals surface area (Å²) in [5, 5.41) is 0. The number of hydrogen-bond donors (Lipinski definition) is 1. The lowest BCUT2D eigenvalue weighted by molar-refractivity contribution is -0.137. The third-order valence-electron chi connectivity index (χ3n) is 2.02. The molecule has 0 atom stereocenters. The van der Waals surface area contributed by atoms with Gasteiger partial charge in [-0.15, -0.1) is 0 Å². The summed E-state index contributed by atoms with van der Waals surface area (Å²) in [4.78, 5) is 0. The molecule has 0 aliphatic rings. The second-order valence-electron chi connectivity index (χ2n) is 3.20. The van der Waals surface area contributed by atoms with E-state index in [2.05, 4.69) is 0 Å². The Kier molecular flexibility index (Phi) is 3.68. The monoisotopic (exact) mass is 221 g/mol. The SMILES string of the molecule is NCCCc1cc(C(F)(F)F)ccc1F. The van der Waals surface area contributed by atoms with Crippen LogP contribution in [0.4, 0.5) is 17.6 Å². The molecule has 1 aromatic carbocycles. The Balaban J connectivity index is 2.95. The average Bonchev–Trinajstić information content (AvgIpc) is 2.15. The van der Waals surface area contributed by atoms with Gasteiger partial charge in [0.1, 0.15) is 5.82 Å². The number of nitrogens with two attached hydrogens (primary N) is 1. The van der Waals surface area contributed by atoms with Gasteiger partial charge in [-0.1, -0.05) is 0 Å². The molecule has 0 unspecified atom stereocenters. The Hall–Kier alpha value is -1.10. The first kappa shape index (κ1) is 12.0. The Morgan fingerprint density at radius 2 is 1.87 bits per heavy atom. The highest BCUT2D eigenvalue weighted by molar-refractivity contribution is 5.27. The first-order valence-electron chi connectivity index (χ1n) is 4.51. The van der Waals surface area contributed by atoms with Crippen LogP contribution in [0.3, 0.4) is 0 Å². The van der Waals surface area contributed by atoms with Crippen molar-refractivity contribution in [1.82, 2.24) is 0 Å². The highest BCUT2D eigenvalue weighted by atomic mass is 19.4. The number of aryl methyl sites for hydroxylation is 1. The Morgan fingerprint density at radius 1 is 1.20 bits per heavy atom. The van der Waals surface area contributed by atoms with Crippen LogP contribution >= 0.6 is 0 Å². The van der Waals surface area contributed by atoms with Crippen LogP contribution in [0.15, 0.2) is 18.2 Å². The summed E-state index contributed by atoms with van der Waals surface area (Å²) in [7, 11) is 0. The fourth-order valence-corrected chi connectivity index (χ4v) is 1.24. The molecule has 0 fully saturated rings. The molecule has 0 heterocycles. The summed E-state index contributed by atoms with van der Waals surface area (Å²) >= 11 is 0. The molecule has 2 N–H and O–H groups in total. The van der Waals surface area contributed by atoms with Gasteiger partial charge < -0.3 is 5.73 Å². The summed E-state index contributed by atoms with van der Waals surface area (Å²) in [6.07, 6.45) is -3.73. The summed E-state index contributed by atoms with van der Waals surface area (Å²) < 4.78 is 49.9. The molecule has 0 saturated carbocycles. The second kappa shape index (κ2) is 4.61. The normalized spacial score (nSPS) is 11.8. The largest absolute Gasteiger partial charge is 0.416 e. The number of hydrogen-bond acceptors (Lipinski definition) is 1. The topological polar surface area (TPSA) is 26.0 Å². The lowest BCUT2D eigenvalue weighted by Gasteiger charge is -2.09. The quantitative estimate of drug-likeness (QED) is 0.780. The number of rotatable bonds is 3. The first-order chi connectivity index (χ1) is 6.95. The second-order valence-corrected chi connectivity index (χ2v) is 3.20. The van der Waals surface area contributed by atoms with E-state index in [4.69, 9.17) is 5.73 Å². The maximum absolute atomic E-state index is 13.1. The number of halogens is 4. The van der Waals surface area contributed by atoms with Crippen LogP contribution in [0.1, 0.15) is 17.5 Å². The fourth-order valence-electron chi connectivity index (χ4n) is 1.24. The van der Waals surface area contributed by atoms with E-state index in [1.807, 2.05) is 0 Å². The summed E-state index contributed by atoms with van der Waals surface area (Å²) in [5.41, 5.74) is 4.45. The number of alkyl halides is 3. The Labute approximate surface area is 84.9 Å². The minimum Gasteiger partial charge on any atom is -0.330 e. The van der Waals surface area contributed by atoms with Gasteiger partial charge in [0.15, 0.2) is 0 Å². The molecule has 1 aromatic rings. The van der Waals surface area contributed by atoms with E-state index in [1.54, 1.807) is 0 Å². The predicted octanol–water partition coefficient (Wildman–Crippen LogP) is 2.74. The smallest absolute Gasteiger partial charge is 0.330 e. The van der Waals surface area contributed by atoms with E-state index in [1.165, 1.54) is 0 Å². The van der Waals surface area contributed by atoms with E-state index in [0.717, 1.165) is 18.2 Å². The van der Waals surface area contributed by atoms with E-state index in [-0.39, 0.29) is 12.0 Å². The van der Waals surface area contributed by atoms with Crippen molar-refractivity contribution in [3.05, 3.63) is 35.1 Å². The Morgan fingerprint density at radius 3 is 2.40 bits per heavy atom. The third-order valence-corrected chi connectivity index (χ3v) is 2.02. The maximum atomic E-state index is 13.1. The molecule has 0 amide bonds. The molecule has 0 saturated heterocycles. The maximum Gasteiger partial charge on any atom is 0.416 e. The van der Waals surface area contributed by atoms with Crippen molar-refractivity contribution in [2.24, 2.45) is 5.73 Å². The number of benzene rings is 1. The van der Waals surface area contributed by atoms with Crippen molar-refractivity contribution in [2.75, 3.05) is 6.54 Å². The standard InChI is InChI=1S/C10H11F4N/c11-9-4-3-8(10(12,13)14)6-7(9)2-1-5-15/h3-4,6H,1-2,5,15H2. The van der Waals surface area contributed by atoms with Gasteiger partial charge in [0, 0.05) is 0 Å². The van der Waals surface area contributed by atoms with Gasteiger partial charge in [-0.3, -0.25) is 0 Å². The molecular weight excluding hydrogens is 210 g/mol. The third kappa shape index (κ3) is 3.20. The van der Waals surface area contributed by atoms with E-state index >= 15 is 0 Å². The van der Waals surface area contributed by atoms with Crippen molar-refractivity contribution < 1.29 is 17.6 Å². The van der Waals surface area contributed by atoms with E-state index < -0.39 is 17.6 Å². The van der Waals surface area contributed by atoms with Crippen LogP contribution in [0.2, 0.25) is 0 Å². The lowest BCUT2D eigenvalue weighted by Crippen LogP contribution is -2.07. The molecular formula is C10H11F4N. The summed E-state index contributed by atoms with van der Waals surface area (Å²) in [6, 6.07) is 2.42. The first-order valence-corrected chi connectivity index (χ1v) is 4.51. The van der Waals surface area contributed by atoms with Gasteiger partial charge in [0.05, 0.1) is 5.56 Å². The van der Waals surface area contributed by atoms with Crippen LogP contribution in [0.5, 0.6) is 0 Å². The van der Waals surface area contributed by atoms with Gasteiger partial charge >= 0.3 is 6.18 Å². The van der Waals surface area contributed by atoms with Crippen molar-refractivity contribution in [1.29, 1.82) is 0 Å². The summed E-state index contributed by atoms with van der Waals surface area (Å²) in [5.74, 6) is -0.614. The zero-order chi connectivity index (χ0) is 11.5. The van der Waals surface area contributed by atoms with Gasteiger partial charge in [-0.05, 0) is 43.1 Å². The predicted molar refractivity (Wildman–Crippen MR) is 48.8 cm³/mol. The van der Waals surface area contributed by atoms with Crippen LogP contribution in [0, 0.1) is 5.82 Å². The highest BCUT2D eigenvalue weighted by Crippen LogP contribution is 2.30. The minimum absolute atomic E-state index is 0.0651. The molecule has 0 spiro atoms. The van der Waals surface area contributed by atoms with Crippen molar-refractivity contribution in [2.45, 2.75) is 19.0 Å². The molecule has 1 nitrogen and oxygen atoms in total. The molecule has 0 bridgehead atoms. The Bertz CT molecular complexity index is 333. The minimum atomic E-state index is -4.43. The average molecular weight is 221 g/mol. The molecule has 0 radical (unpaired) electrons. The van der Waals surface area contributed by atoms with E-state index in [9.17, 15) is 17.6 Å². The lowest BCUT2D eigenvalue weighted by atomic mass is 10.1. The van der Waals surface area contributed by atoms with Crippen molar-refractivity contribution >= 4 is 0 Å². The highest BCUT2D eigenvalue weighted by Gasteiger charge is 2.30. The molecule has 15 heavy (non-hydrogen) atoms. The fraction of sp³-hybridized carbons (Fsp3) is 0.400. The van der Waals surface area contributed by atoms with Crippen molar-refractivity contribution in [3.63, 3.8) is 0 Å². The van der Waals surface area contributed by atoms with Gasteiger partial charge in [0.25, 0.3) is 0 Å². The van der Waals surface area contributed by atoms with E-state index in [0.29, 0.717) is 13.0 Å². The van der Waals surface area contributed by atoms with Gasteiger partial charge in [0.2, 0.25) is 0 Å².